The Morgan fingerprint density at radius 1 is 0.414 bits per heavy atom. The van der Waals surface area contributed by atoms with Gasteiger partial charge >= 0.3 is 0 Å². The van der Waals surface area contributed by atoms with E-state index in [1.807, 2.05) is 0 Å². The van der Waals surface area contributed by atoms with Gasteiger partial charge in [-0.2, -0.15) is 0 Å². The van der Waals surface area contributed by atoms with Gasteiger partial charge < -0.3 is 0 Å². The number of halogens is 1. The molecular weight excluding hydrogens is 463 g/mol. The van der Waals surface area contributed by atoms with Crippen LogP contribution in [0, 0.1) is 23.7 Å². The Hall–Kier alpha value is 0.730. The Bertz CT molecular complexity index is 251. The van der Waals surface area contributed by atoms with Crippen LogP contribution in [-0.4, -0.2) is 0 Å². The monoisotopic (exact) mass is 524 g/mol. The maximum absolute atomic E-state index is 2.12. The van der Waals surface area contributed by atoms with Gasteiger partial charge in [-0.05, 0) is 36.5 Å². The Morgan fingerprint density at radius 2 is 0.621 bits per heavy atom. The first-order chi connectivity index (χ1) is 12.7. The van der Waals surface area contributed by atoms with Crippen LogP contribution >= 0.6 is 24.0 Å². The molecule has 3 rings (SSSR count). The van der Waals surface area contributed by atoms with Crippen molar-refractivity contribution in [2.45, 2.75) is 158 Å². The molecule has 0 saturated heterocycles. The summed E-state index contributed by atoms with van der Waals surface area (Å²) in [5.41, 5.74) is 0. The van der Waals surface area contributed by atoms with E-state index in [4.69, 9.17) is 0 Å². The van der Waals surface area contributed by atoms with Gasteiger partial charge in [0.25, 0.3) is 0 Å². The second-order valence-corrected chi connectivity index (χ2v) is 9.78. The molecule has 0 nitrogen and oxygen atoms in total. The first kappa shape index (κ1) is 34.3. The number of rotatable bonds is 4. The van der Waals surface area contributed by atoms with Crippen LogP contribution in [0.5, 0.6) is 0 Å². The van der Waals surface area contributed by atoms with Crippen LogP contribution < -0.4 is 0 Å². The fourth-order valence-corrected chi connectivity index (χ4v) is 5.49. The minimum Gasteiger partial charge on any atom is -0.107 e. The summed E-state index contributed by atoms with van der Waals surface area (Å²) in [5, 5.41) is 0. The summed E-state index contributed by atoms with van der Waals surface area (Å²) in [4.78, 5) is 0. The molecule has 3 fully saturated rings. The summed E-state index contributed by atoms with van der Waals surface area (Å²) in [6.45, 7) is 8.50. The van der Waals surface area contributed by atoms with Gasteiger partial charge in [0.15, 0.2) is 0 Å². The standard InChI is InChI=1S/C20H36.2C3H8.2CH4.HI/c1-3-7-17(8-4-1)15-19-11-13-20(14-12-19)16-18-9-5-2-6-10-18;2*1-3-2;;;/h17-20H,1-16H2;2*3H2,1-2H3;2*1H4;1H. The Kier molecular flexibility index (Phi) is 27.7. The van der Waals surface area contributed by atoms with Crippen LogP contribution in [0.2, 0.25) is 0 Å². The summed E-state index contributed by atoms with van der Waals surface area (Å²) in [7, 11) is 0. The topological polar surface area (TPSA) is 0 Å². The molecule has 0 unspecified atom stereocenters. The SMILES string of the molecule is C.C.C1CCC(CC2CCC(CC3CCCCC3)CC2)CC1.CCC.CCC.I. The molecular formula is C28H61I. The van der Waals surface area contributed by atoms with Gasteiger partial charge in [-0.15, -0.1) is 24.0 Å². The van der Waals surface area contributed by atoms with Crippen LogP contribution in [-0.2, 0) is 0 Å². The fourth-order valence-electron chi connectivity index (χ4n) is 5.49. The molecule has 0 aliphatic heterocycles. The fraction of sp³-hybridized carbons (Fsp3) is 1.00. The maximum atomic E-state index is 2.12. The summed E-state index contributed by atoms with van der Waals surface area (Å²) in [6.07, 6.45) is 27.4. The molecule has 29 heavy (non-hydrogen) atoms. The van der Waals surface area contributed by atoms with Crippen LogP contribution in [0.3, 0.4) is 0 Å². The Balaban J connectivity index is -0.000000676. The number of hydrogen-bond acceptors (Lipinski definition) is 0. The molecule has 0 spiro atoms. The zero-order valence-corrected chi connectivity index (χ0v) is 21.8. The Labute approximate surface area is 205 Å². The molecule has 3 saturated carbocycles. The normalized spacial score (nSPS) is 24.8. The lowest BCUT2D eigenvalue weighted by Gasteiger charge is -2.34. The first-order valence-electron chi connectivity index (χ1n) is 12.7. The van der Waals surface area contributed by atoms with E-state index in [0.29, 0.717) is 0 Å². The van der Waals surface area contributed by atoms with Crippen molar-refractivity contribution in [2.24, 2.45) is 23.7 Å². The summed E-state index contributed by atoms with van der Waals surface area (Å²) in [6, 6.07) is 0. The van der Waals surface area contributed by atoms with Crippen LogP contribution in [0.15, 0.2) is 0 Å². The van der Waals surface area contributed by atoms with E-state index >= 15 is 0 Å². The summed E-state index contributed by atoms with van der Waals surface area (Å²) < 4.78 is 0. The molecule has 0 aromatic heterocycles. The largest absolute Gasteiger partial charge is 0.107 e. The van der Waals surface area contributed by atoms with Crippen molar-refractivity contribution in [3.05, 3.63) is 0 Å². The molecule has 180 valence electrons. The van der Waals surface area contributed by atoms with Crippen LogP contribution in [0.1, 0.15) is 158 Å². The van der Waals surface area contributed by atoms with Crippen LogP contribution in [0.25, 0.3) is 0 Å². The molecule has 1 heteroatoms. The summed E-state index contributed by atoms with van der Waals surface area (Å²) in [5.74, 6) is 4.45. The quantitative estimate of drug-likeness (QED) is 0.321. The van der Waals surface area contributed by atoms with E-state index in [0.717, 1.165) is 23.7 Å². The highest BCUT2D eigenvalue weighted by Crippen LogP contribution is 2.40. The average molecular weight is 525 g/mol. The maximum Gasteiger partial charge on any atom is -0.0411 e. The van der Waals surface area contributed by atoms with Gasteiger partial charge in [-0.1, -0.05) is 145 Å². The Morgan fingerprint density at radius 3 is 0.862 bits per heavy atom. The number of hydrogen-bond donors (Lipinski definition) is 0. The van der Waals surface area contributed by atoms with Crippen molar-refractivity contribution in [1.29, 1.82) is 0 Å². The zero-order valence-electron chi connectivity index (χ0n) is 19.4. The van der Waals surface area contributed by atoms with Crippen molar-refractivity contribution in [3.8, 4) is 0 Å². The molecule has 0 aromatic rings. The first-order valence-corrected chi connectivity index (χ1v) is 12.7. The van der Waals surface area contributed by atoms with E-state index in [2.05, 4.69) is 27.7 Å². The van der Waals surface area contributed by atoms with E-state index in [1.54, 1.807) is 64.2 Å². The van der Waals surface area contributed by atoms with E-state index in [-0.39, 0.29) is 38.8 Å². The van der Waals surface area contributed by atoms with Crippen molar-refractivity contribution < 1.29 is 0 Å². The van der Waals surface area contributed by atoms with Crippen molar-refractivity contribution in [2.75, 3.05) is 0 Å². The second-order valence-electron chi connectivity index (χ2n) is 9.78. The highest BCUT2D eigenvalue weighted by Gasteiger charge is 2.26. The molecule has 0 aromatic carbocycles. The molecule has 0 heterocycles. The average Bonchev–Trinajstić information content (AvgIpc) is 2.66. The smallest absolute Gasteiger partial charge is 0.0411 e. The lowest BCUT2D eigenvalue weighted by atomic mass is 9.72. The highest BCUT2D eigenvalue weighted by atomic mass is 127. The molecule has 0 atom stereocenters. The second kappa shape index (κ2) is 23.4. The van der Waals surface area contributed by atoms with Crippen molar-refractivity contribution >= 4 is 24.0 Å². The molecule has 0 bridgehead atoms. The van der Waals surface area contributed by atoms with Gasteiger partial charge in [-0.25, -0.2) is 0 Å². The van der Waals surface area contributed by atoms with E-state index in [9.17, 15) is 0 Å². The van der Waals surface area contributed by atoms with E-state index < -0.39 is 0 Å². The van der Waals surface area contributed by atoms with Gasteiger partial charge in [0.2, 0.25) is 0 Å². The molecule has 0 N–H and O–H groups in total. The third-order valence-corrected chi connectivity index (χ3v) is 6.75. The molecule has 3 aliphatic rings. The van der Waals surface area contributed by atoms with Crippen molar-refractivity contribution in [3.63, 3.8) is 0 Å². The molecule has 3 aliphatic carbocycles. The lowest BCUT2D eigenvalue weighted by molar-refractivity contribution is 0.182. The zero-order chi connectivity index (χ0) is 19.0. The molecule has 0 amide bonds. The van der Waals surface area contributed by atoms with Gasteiger partial charge in [0, 0.05) is 0 Å². The highest BCUT2D eigenvalue weighted by molar-refractivity contribution is 14.0. The predicted molar refractivity (Wildman–Crippen MR) is 149 cm³/mol. The van der Waals surface area contributed by atoms with Gasteiger partial charge in [-0.3, -0.25) is 0 Å². The van der Waals surface area contributed by atoms with Gasteiger partial charge in [0.05, 0.1) is 0 Å². The predicted octanol–water partition coefficient (Wildman–Crippen LogP) is 11.5. The molecule has 0 radical (unpaired) electrons. The van der Waals surface area contributed by atoms with Crippen LogP contribution in [0.4, 0.5) is 0 Å². The summed E-state index contributed by atoms with van der Waals surface area (Å²) >= 11 is 0. The minimum atomic E-state index is 0. The third-order valence-electron chi connectivity index (χ3n) is 6.75. The van der Waals surface area contributed by atoms with Crippen molar-refractivity contribution in [1.82, 2.24) is 0 Å². The minimum absolute atomic E-state index is 0. The van der Waals surface area contributed by atoms with E-state index in [1.165, 1.54) is 51.4 Å². The third kappa shape index (κ3) is 17.0. The lowest BCUT2D eigenvalue weighted by Crippen LogP contribution is -2.21. The van der Waals surface area contributed by atoms with Gasteiger partial charge in [0.1, 0.15) is 0 Å².